The van der Waals surface area contributed by atoms with E-state index in [1.54, 1.807) is 0 Å². The van der Waals surface area contributed by atoms with Crippen LogP contribution in [0.4, 0.5) is 13.2 Å². The first kappa shape index (κ1) is 14.1. The number of alkyl halides is 3. The van der Waals surface area contributed by atoms with Crippen molar-refractivity contribution in [2.45, 2.75) is 13.1 Å². The summed E-state index contributed by atoms with van der Waals surface area (Å²) < 4.78 is 43.8. The van der Waals surface area contributed by atoms with Gasteiger partial charge in [0.05, 0.1) is 23.6 Å². The third-order valence-corrected chi connectivity index (χ3v) is 2.46. The lowest BCUT2D eigenvalue weighted by molar-refractivity contribution is -0.137. The third kappa shape index (κ3) is 3.37. The number of Topliss-reactive ketones (excluding diaryl/α,β-unsaturated/α-hetero) is 1. The van der Waals surface area contributed by atoms with E-state index in [0.29, 0.717) is 11.4 Å². The molecular formula is C13H11F3N2O2. The van der Waals surface area contributed by atoms with Gasteiger partial charge in [0.2, 0.25) is 0 Å². The molecule has 0 saturated heterocycles. The molecule has 4 nitrogen and oxygen atoms in total. The number of hydrogen-bond acceptors (Lipinski definition) is 3. The Hall–Kier alpha value is -2.31. The normalized spacial score (nSPS) is 11.4. The standard InChI is InChI=1S/C13H11F3N2O2/c1-9(19)8-20-12-6-17-18(7-12)11-4-2-10(3-5-11)13(14,15)16/h2-7H,8H2,1H3. The summed E-state index contributed by atoms with van der Waals surface area (Å²) in [5.41, 5.74) is -0.253. The van der Waals surface area contributed by atoms with Gasteiger partial charge >= 0.3 is 6.18 Å². The fourth-order valence-corrected chi connectivity index (χ4v) is 1.51. The van der Waals surface area contributed by atoms with Crippen LogP contribution in [-0.4, -0.2) is 22.2 Å². The lowest BCUT2D eigenvalue weighted by atomic mass is 10.2. The van der Waals surface area contributed by atoms with E-state index in [4.69, 9.17) is 4.74 Å². The lowest BCUT2D eigenvalue weighted by Gasteiger charge is -2.07. The zero-order valence-electron chi connectivity index (χ0n) is 10.5. The highest BCUT2D eigenvalue weighted by Gasteiger charge is 2.30. The molecule has 7 heteroatoms. The van der Waals surface area contributed by atoms with E-state index in [2.05, 4.69) is 5.10 Å². The van der Waals surface area contributed by atoms with Gasteiger partial charge < -0.3 is 4.74 Å². The Morgan fingerprint density at radius 1 is 1.30 bits per heavy atom. The second kappa shape index (κ2) is 5.36. The minimum atomic E-state index is -4.36. The summed E-state index contributed by atoms with van der Waals surface area (Å²) >= 11 is 0. The van der Waals surface area contributed by atoms with E-state index in [9.17, 15) is 18.0 Å². The molecule has 0 radical (unpaired) electrons. The van der Waals surface area contributed by atoms with Crippen LogP contribution in [0.3, 0.4) is 0 Å². The van der Waals surface area contributed by atoms with Crippen LogP contribution >= 0.6 is 0 Å². The first-order valence-corrected chi connectivity index (χ1v) is 5.71. The van der Waals surface area contributed by atoms with E-state index >= 15 is 0 Å². The van der Waals surface area contributed by atoms with Crippen molar-refractivity contribution in [2.24, 2.45) is 0 Å². The molecule has 0 saturated carbocycles. The fourth-order valence-electron chi connectivity index (χ4n) is 1.51. The van der Waals surface area contributed by atoms with Gasteiger partial charge in [-0.3, -0.25) is 4.79 Å². The van der Waals surface area contributed by atoms with Crippen LogP contribution in [0.1, 0.15) is 12.5 Å². The van der Waals surface area contributed by atoms with Crippen molar-refractivity contribution in [3.05, 3.63) is 42.2 Å². The number of ketones is 1. The Balaban J connectivity index is 2.14. The minimum Gasteiger partial charge on any atom is -0.483 e. The number of carbonyl (C=O) groups excluding carboxylic acids is 1. The van der Waals surface area contributed by atoms with Gasteiger partial charge in [0.15, 0.2) is 11.5 Å². The molecule has 20 heavy (non-hydrogen) atoms. The Kier molecular flexibility index (Phi) is 3.78. The summed E-state index contributed by atoms with van der Waals surface area (Å²) in [6.07, 6.45) is -1.48. The van der Waals surface area contributed by atoms with Gasteiger partial charge in [-0.2, -0.15) is 18.3 Å². The Morgan fingerprint density at radius 2 is 1.95 bits per heavy atom. The molecule has 0 aliphatic carbocycles. The number of hydrogen-bond donors (Lipinski definition) is 0. The third-order valence-electron chi connectivity index (χ3n) is 2.46. The Labute approximate surface area is 112 Å². The van der Waals surface area contributed by atoms with Gasteiger partial charge in [-0.1, -0.05) is 0 Å². The Morgan fingerprint density at radius 3 is 2.50 bits per heavy atom. The molecule has 106 valence electrons. The second-order valence-corrected chi connectivity index (χ2v) is 4.16. The van der Waals surface area contributed by atoms with E-state index in [-0.39, 0.29) is 12.4 Å². The maximum atomic E-state index is 12.4. The van der Waals surface area contributed by atoms with E-state index in [1.165, 1.54) is 36.1 Å². The van der Waals surface area contributed by atoms with E-state index in [0.717, 1.165) is 12.1 Å². The maximum Gasteiger partial charge on any atom is 0.416 e. The van der Waals surface area contributed by atoms with Crippen LogP contribution in [0.2, 0.25) is 0 Å². The molecule has 2 rings (SSSR count). The molecule has 0 aliphatic heterocycles. The van der Waals surface area contributed by atoms with Crippen molar-refractivity contribution in [2.75, 3.05) is 6.61 Å². The molecule has 0 amide bonds. The topological polar surface area (TPSA) is 44.1 Å². The molecule has 0 aliphatic rings. The molecule has 2 aromatic rings. The number of halogens is 3. The molecule has 0 unspecified atom stereocenters. The zero-order valence-corrected chi connectivity index (χ0v) is 10.5. The van der Waals surface area contributed by atoms with Gasteiger partial charge in [-0.15, -0.1) is 0 Å². The largest absolute Gasteiger partial charge is 0.483 e. The molecule has 0 spiro atoms. The monoisotopic (exact) mass is 284 g/mol. The van der Waals surface area contributed by atoms with Crippen molar-refractivity contribution in [1.82, 2.24) is 9.78 Å². The highest BCUT2D eigenvalue weighted by atomic mass is 19.4. The average Bonchev–Trinajstić information content (AvgIpc) is 2.84. The maximum absolute atomic E-state index is 12.4. The first-order chi connectivity index (χ1) is 9.36. The molecule has 0 atom stereocenters. The minimum absolute atomic E-state index is 0.0707. The molecule has 0 bridgehead atoms. The number of rotatable bonds is 4. The van der Waals surface area contributed by atoms with Gasteiger partial charge in [0, 0.05) is 0 Å². The summed E-state index contributed by atoms with van der Waals surface area (Å²) in [7, 11) is 0. The molecule has 0 fully saturated rings. The van der Waals surface area contributed by atoms with Gasteiger partial charge in [0.1, 0.15) is 6.61 Å². The van der Waals surface area contributed by atoms with Crippen LogP contribution in [0.15, 0.2) is 36.7 Å². The highest BCUT2D eigenvalue weighted by Crippen LogP contribution is 2.29. The number of ether oxygens (including phenoxy) is 1. The van der Waals surface area contributed by atoms with E-state index < -0.39 is 11.7 Å². The van der Waals surface area contributed by atoms with Crippen LogP contribution in [0.25, 0.3) is 5.69 Å². The van der Waals surface area contributed by atoms with Crippen LogP contribution in [0.5, 0.6) is 5.75 Å². The van der Waals surface area contributed by atoms with Crippen LogP contribution in [0, 0.1) is 0 Å². The molecule has 0 N–H and O–H groups in total. The highest BCUT2D eigenvalue weighted by molar-refractivity contribution is 5.77. The smallest absolute Gasteiger partial charge is 0.416 e. The first-order valence-electron chi connectivity index (χ1n) is 5.71. The molecule has 1 aromatic heterocycles. The van der Waals surface area contributed by atoms with Crippen LogP contribution in [-0.2, 0) is 11.0 Å². The summed E-state index contributed by atoms with van der Waals surface area (Å²) in [4.78, 5) is 10.8. The van der Waals surface area contributed by atoms with Crippen LogP contribution < -0.4 is 4.74 Å². The number of carbonyl (C=O) groups is 1. The van der Waals surface area contributed by atoms with Gasteiger partial charge in [-0.25, -0.2) is 4.68 Å². The molecule has 1 aromatic carbocycles. The predicted octanol–water partition coefficient (Wildman–Crippen LogP) is 2.86. The molecule has 1 heterocycles. The van der Waals surface area contributed by atoms with E-state index in [1.807, 2.05) is 0 Å². The predicted molar refractivity (Wildman–Crippen MR) is 64.7 cm³/mol. The van der Waals surface area contributed by atoms with Crippen molar-refractivity contribution in [3.8, 4) is 11.4 Å². The quantitative estimate of drug-likeness (QED) is 0.867. The summed E-state index contributed by atoms with van der Waals surface area (Å²) in [5, 5.41) is 3.96. The number of nitrogens with zero attached hydrogens (tertiary/aromatic N) is 2. The van der Waals surface area contributed by atoms with Crippen molar-refractivity contribution < 1.29 is 22.7 Å². The lowest BCUT2D eigenvalue weighted by Crippen LogP contribution is -2.06. The average molecular weight is 284 g/mol. The number of aromatic nitrogens is 2. The van der Waals surface area contributed by atoms with Crippen molar-refractivity contribution in [1.29, 1.82) is 0 Å². The summed E-state index contributed by atoms with van der Waals surface area (Å²) in [5.74, 6) is 0.243. The second-order valence-electron chi connectivity index (χ2n) is 4.16. The fraction of sp³-hybridized carbons (Fsp3) is 0.231. The van der Waals surface area contributed by atoms with Gasteiger partial charge in [-0.05, 0) is 31.2 Å². The van der Waals surface area contributed by atoms with Gasteiger partial charge in [0.25, 0.3) is 0 Å². The Bertz CT molecular complexity index is 603. The van der Waals surface area contributed by atoms with Crippen molar-refractivity contribution in [3.63, 3.8) is 0 Å². The van der Waals surface area contributed by atoms with Crippen molar-refractivity contribution >= 4 is 5.78 Å². The zero-order chi connectivity index (χ0) is 14.8. The SMILES string of the molecule is CC(=O)COc1cnn(-c2ccc(C(F)(F)F)cc2)c1. The summed E-state index contributed by atoms with van der Waals surface area (Å²) in [6, 6.07) is 4.58. The summed E-state index contributed by atoms with van der Waals surface area (Å²) in [6.45, 7) is 1.32. The molecular weight excluding hydrogens is 273 g/mol. The number of benzene rings is 1.